The molecular weight excluding hydrogens is 272 g/mol. The van der Waals surface area contributed by atoms with Gasteiger partial charge in [-0.1, -0.05) is 41.5 Å². The molecule has 0 atom stereocenters. The minimum Gasteiger partial charge on any atom is -0.397 e. The van der Waals surface area contributed by atoms with Gasteiger partial charge in [-0.15, -0.1) is 0 Å². The summed E-state index contributed by atoms with van der Waals surface area (Å²) in [5.41, 5.74) is 7.84. The number of hydrogen-bond acceptors (Lipinski definition) is 4. The third kappa shape index (κ3) is 8.67. The first kappa shape index (κ1) is 20.5. The minimum absolute atomic E-state index is 0.294. The molecule has 0 saturated heterocycles. The van der Waals surface area contributed by atoms with E-state index in [0.29, 0.717) is 17.0 Å². The van der Waals surface area contributed by atoms with Crippen LogP contribution >= 0.6 is 0 Å². The van der Waals surface area contributed by atoms with Gasteiger partial charge in [-0.2, -0.15) is 0 Å². The van der Waals surface area contributed by atoms with Crippen molar-refractivity contribution < 1.29 is 0 Å². The van der Waals surface area contributed by atoms with Crippen LogP contribution in [0.4, 0.5) is 0 Å². The zero-order chi connectivity index (χ0) is 17.2. The van der Waals surface area contributed by atoms with Crippen LogP contribution < -0.4 is 11.6 Å². The summed E-state index contributed by atoms with van der Waals surface area (Å²) in [6, 6.07) is 3.79. The van der Waals surface area contributed by atoms with Crippen LogP contribution in [0.25, 0.3) is 5.70 Å². The summed E-state index contributed by atoms with van der Waals surface area (Å²) in [5.74, 6) is 6.71. The summed E-state index contributed by atoms with van der Waals surface area (Å²) in [4.78, 5) is 4.05. The van der Waals surface area contributed by atoms with Crippen LogP contribution in [-0.2, 0) is 0 Å². The van der Waals surface area contributed by atoms with Gasteiger partial charge in [-0.05, 0) is 36.3 Å². The van der Waals surface area contributed by atoms with Crippen molar-refractivity contribution in [3.05, 3.63) is 36.3 Å². The smallest absolute Gasteiger partial charge is 0.0579 e. The van der Waals surface area contributed by atoms with Crippen molar-refractivity contribution in [1.29, 1.82) is 0 Å². The van der Waals surface area contributed by atoms with Crippen molar-refractivity contribution in [3.63, 3.8) is 0 Å². The van der Waals surface area contributed by atoms with Gasteiger partial charge in [0.05, 0.1) is 5.70 Å². The average molecular weight is 306 g/mol. The number of hydrazine groups is 1. The molecule has 4 N–H and O–H groups in total. The van der Waals surface area contributed by atoms with E-state index in [0.717, 1.165) is 18.5 Å². The number of pyridine rings is 1. The molecule has 0 amide bonds. The van der Waals surface area contributed by atoms with E-state index in [9.17, 15) is 0 Å². The van der Waals surface area contributed by atoms with Crippen molar-refractivity contribution in [3.8, 4) is 0 Å². The van der Waals surface area contributed by atoms with Crippen LogP contribution in [-0.4, -0.2) is 16.5 Å². The first-order valence-corrected chi connectivity index (χ1v) is 8.19. The highest BCUT2D eigenvalue weighted by Gasteiger charge is 2.19. The molecule has 0 aliphatic rings. The molecule has 0 aromatic carbocycles. The Hall–Kier alpha value is -1.55. The van der Waals surface area contributed by atoms with Crippen LogP contribution in [0, 0.1) is 11.3 Å². The Morgan fingerprint density at radius 2 is 2.00 bits per heavy atom. The number of nitrogens with zero attached hydrogens (tertiary/aromatic N) is 2. The van der Waals surface area contributed by atoms with E-state index < -0.39 is 0 Å². The molecule has 0 unspecified atom stereocenters. The zero-order valence-electron chi connectivity index (χ0n) is 15.1. The van der Waals surface area contributed by atoms with Crippen LogP contribution in [0.15, 0.2) is 30.7 Å². The Balaban J connectivity index is 0.00000211. The molecular formula is C18H34N4. The number of aromatic nitrogens is 1. The van der Waals surface area contributed by atoms with Gasteiger partial charge in [0.2, 0.25) is 0 Å². The van der Waals surface area contributed by atoms with Gasteiger partial charge in [-0.3, -0.25) is 4.98 Å². The first-order chi connectivity index (χ1) is 10.3. The standard InChI is InChI=1S/C16H28N4.C2H6/c1-13(2)10-16(3,4)7-9-20(18)12-15(17)14-6-5-8-19-11-14;1-2/h5-6,8,11-13H,7,9-10,17-18H2,1-4H3;1-2H3/b15-12-;. The molecule has 1 heterocycles. The molecule has 1 rings (SSSR count). The summed E-state index contributed by atoms with van der Waals surface area (Å²) in [6.45, 7) is 13.9. The molecule has 126 valence electrons. The second-order valence-corrected chi connectivity index (χ2v) is 6.58. The van der Waals surface area contributed by atoms with Crippen LogP contribution in [0.1, 0.15) is 59.9 Å². The van der Waals surface area contributed by atoms with Crippen molar-refractivity contribution in [1.82, 2.24) is 9.99 Å². The van der Waals surface area contributed by atoms with E-state index >= 15 is 0 Å². The zero-order valence-corrected chi connectivity index (χ0v) is 15.1. The Morgan fingerprint density at radius 3 is 2.50 bits per heavy atom. The molecule has 1 aromatic heterocycles. The summed E-state index contributed by atoms with van der Waals surface area (Å²) in [7, 11) is 0. The number of hydrogen-bond donors (Lipinski definition) is 2. The van der Waals surface area contributed by atoms with Gasteiger partial charge >= 0.3 is 0 Å². The number of rotatable bonds is 7. The fraction of sp³-hybridized carbons (Fsp3) is 0.611. The van der Waals surface area contributed by atoms with E-state index in [2.05, 4.69) is 32.7 Å². The predicted molar refractivity (Wildman–Crippen MR) is 96.5 cm³/mol. The number of nitrogens with two attached hydrogens (primary N) is 2. The van der Waals surface area contributed by atoms with Gasteiger partial charge in [-0.25, -0.2) is 5.84 Å². The van der Waals surface area contributed by atoms with Crippen LogP contribution in [0.2, 0.25) is 0 Å². The lowest BCUT2D eigenvalue weighted by molar-refractivity contribution is 0.229. The van der Waals surface area contributed by atoms with Gasteiger partial charge in [0.15, 0.2) is 0 Å². The Labute approximate surface area is 136 Å². The minimum atomic E-state index is 0.294. The molecule has 0 fully saturated rings. The largest absolute Gasteiger partial charge is 0.397 e. The summed E-state index contributed by atoms with van der Waals surface area (Å²) in [6.07, 6.45) is 7.48. The van der Waals surface area contributed by atoms with Gasteiger partial charge < -0.3 is 10.7 Å². The lowest BCUT2D eigenvalue weighted by Gasteiger charge is -2.28. The summed E-state index contributed by atoms with van der Waals surface area (Å²) < 4.78 is 0. The van der Waals surface area contributed by atoms with E-state index in [-0.39, 0.29) is 0 Å². The van der Waals surface area contributed by atoms with Crippen molar-refractivity contribution in [2.24, 2.45) is 22.9 Å². The van der Waals surface area contributed by atoms with Crippen molar-refractivity contribution in [2.75, 3.05) is 6.54 Å². The van der Waals surface area contributed by atoms with Gasteiger partial charge in [0, 0.05) is 30.7 Å². The normalized spacial score (nSPS) is 11.9. The first-order valence-electron chi connectivity index (χ1n) is 8.19. The molecule has 4 heteroatoms. The lowest BCUT2D eigenvalue weighted by Crippen LogP contribution is -2.31. The second-order valence-electron chi connectivity index (χ2n) is 6.58. The molecule has 0 spiro atoms. The van der Waals surface area contributed by atoms with Crippen molar-refractivity contribution in [2.45, 2.75) is 54.4 Å². The maximum atomic E-state index is 6.02. The molecule has 0 aliphatic carbocycles. The van der Waals surface area contributed by atoms with Crippen LogP contribution in [0.5, 0.6) is 0 Å². The fourth-order valence-electron chi connectivity index (χ4n) is 2.49. The van der Waals surface area contributed by atoms with Gasteiger partial charge in [0.25, 0.3) is 0 Å². The maximum absolute atomic E-state index is 6.02. The Bertz CT molecular complexity index is 424. The Morgan fingerprint density at radius 1 is 1.36 bits per heavy atom. The van der Waals surface area contributed by atoms with Crippen LogP contribution in [0.3, 0.4) is 0 Å². The van der Waals surface area contributed by atoms with E-state index in [1.165, 1.54) is 6.42 Å². The predicted octanol–water partition coefficient (Wildman–Crippen LogP) is 4.00. The molecule has 0 saturated carbocycles. The fourth-order valence-corrected chi connectivity index (χ4v) is 2.49. The summed E-state index contributed by atoms with van der Waals surface area (Å²) >= 11 is 0. The topological polar surface area (TPSA) is 68.2 Å². The third-order valence-electron chi connectivity index (χ3n) is 3.31. The van der Waals surface area contributed by atoms with Crippen molar-refractivity contribution >= 4 is 5.70 Å². The quantitative estimate of drug-likeness (QED) is 0.590. The molecule has 1 aromatic rings. The molecule has 0 radical (unpaired) electrons. The lowest BCUT2D eigenvalue weighted by atomic mass is 9.81. The van der Waals surface area contributed by atoms with E-state index in [4.69, 9.17) is 11.6 Å². The summed E-state index contributed by atoms with van der Waals surface area (Å²) in [5, 5.41) is 1.67. The molecule has 0 aliphatic heterocycles. The van der Waals surface area contributed by atoms with E-state index in [1.54, 1.807) is 23.6 Å². The highest BCUT2D eigenvalue weighted by atomic mass is 15.4. The Kier molecular flexibility index (Phi) is 9.50. The highest BCUT2D eigenvalue weighted by Crippen LogP contribution is 2.29. The monoisotopic (exact) mass is 306 g/mol. The molecule has 4 nitrogen and oxygen atoms in total. The average Bonchev–Trinajstić information content (AvgIpc) is 2.47. The maximum Gasteiger partial charge on any atom is 0.0579 e. The van der Waals surface area contributed by atoms with Gasteiger partial charge in [0.1, 0.15) is 0 Å². The highest BCUT2D eigenvalue weighted by molar-refractivity contribution is 5.60. The third-order valence-corrected chi connectivity index (χ3v) is 3.31. The molecule has 22 heavy (non-hydrogen) atoms. The SMILES string of the molecule is CC.CC(C)CC(C)(C)CCN(N)/C=C(\N)c1cccnc1. The second kappa shape index (κ2) is 10.2. The van der Waals surface area contributed by atoms with E-state index in [1.807, 2.05) is 26.0 Å². The molecule has 0 bridgehead atoms.